The molecule has 0 aliphatic carbocycles. The summed E-state index contributed by atoms with van der Waals surface area (Å²) in [6, 6.07) is 21.4. The Labute approximate surface area is 518 Å². The van der Waals surface area contributed by atoms with E-state index in [2.05, 4.69) is 31.9 Å². The predicted octanol–water partition coefficient (Wildman–Crippen LogP) is 8.57. The standard InChI is InChI=1S/C62H94N8O16P2/c1-44(2)40-49(52(71)65-48(30-22-23-35-64-56(75)85-59(3,4)5)55(74)69-38-33-61(34-39-69,87(78,80-9)81-10)68-57(76)84-43-47-28-20-15-21-29-47)66-53(72)50(41-45-24-16-13-17-25-45)67-54(73)51(42-46-26-18-14-19-27-46)70(58(77)86-60(6,7)8)62(31-36-63-37-32-62)88(79,82-11)83-12/h13-21,24-29,44,48-51,63H,22-23,30-43H2,1-12H3,(H,64,75)(H,65,71)(H,66,72)(H,67,73)(H,68,76)/t48-,49-,50-,51-/m1/s1. The Hall–Kier alpha value is -6.39. The van der Waals surface area contributed by atoms with Gasteiger partial charge in [-0.15, -0.1) is 0 Å². The summed E-state index contributed by atoms with van der Waals surface area (Å²) in [5.74, 6) is -3.01. The Bertz CT molecular complexity index is 2850. The highest BCUT2D eigenvalue weighted by molar-refractivity contribution is 7.55. The van der Waals surface area contributed by atoms with Crippen molar-refractivity contribution in [3.8, 4) is 0 Å². The largest absolute Gasteiger partial charge is 0.445 e. The van der Waals surface area contributed by atoms with Crippen molar-refractivity contribution in [3.63, 3.8) is 0 Å². The molecule has 3 aromatic rings. The molecule has 0 bridgehead atoms. The van der Waals surface area contributed by atoms with E-state index in [0.717, 1.165) is 5.56 Å². The second kappa shape index (κ2) is 32.9. The monoisotopic (exact) mass is 1270 g/mol. The number of alkyl carbamates (subject to hydrolysis) is 2. The minimum Gasteiger partial charge on any atom is -0.445 e. The molecule has 88 heavy (non-hydrogen) atoms. The maximum atomic E-state index is 15.6. The van der Waals surface area contributed by atoms with E-state index < -0.39 is 103 Å². The van der Waals surface area contributed by atoms with Crippen molar-refractivity contribution >= 4 is 57.1 Å². The molecule has 5 rings (SSSR count). The molecule has 3 aromatic carbocycles. The number of carbonyl (C=O) groups excluding carboxylic acids is 7. The second-order valence-electron chi connectivity index (χ2n) is 24.5. The van der Waals surface area contributed by atoms with Gasteiger partial charge in [0.2, 0.25) is 23.6 Å². The van der Waals surface area contributed by atoms with Crippen LogP contribution >= 0.6 is 15.2 Å². The van der Waals surface area contributed by atoms with Gasteiger partial charge in [0, 0.05) is 60.9 Å². The fourth-order valence-electron chi connectivity index (χ4n) is 10.9. The highest BCUT2D eigenvalue weighted by Crippen LogP contribution is 2.65. The van der Waals surface area contributed by atoms with E-state index in [0.29, 0.717) is 24.0 Å². The minimum absolute atomic E-state index is 0.0294. The summed E-state index contributed by atoms with van der Waals surface area (Å²) in [6.07, 6.45) is -1.99. The topological polar surface area (TPSA) is 297 Å². The van der Waals surface area contributed by atoms with E-state index in [9.17, 15) is 28.5 Å². The van der Waals surface area contributed by atoms with Crippen LogP contribution in [-0.4, -0.2) is 159 Å². The van der Waals surface area contributed by atoms with Gasteiger partial charge in [0.1, 0.15) is 47.3 Å². The summed E-state index contributed by atoms with van der Waals surface area (Å²) >= 11 is 0. The summed E-state index contributed by atoms with van der Waals surface area (Å²) in [4.78, 5) is 104. The summed E-state index contributed by atoms with van der Waals surface area (Å²) in [5, 5.41) is 14.1. The Morgan fingerprint density at radius 3 is 1.60 bits per heavy atom. The first kappa shape index (κ1) is 72.4. The minimum atomic E-state index is -4.30. The van der Waals surface area contributed by atoms with Crippen LogP contribution in [0.25, 0.3) is 0 Å². The summed E-state index contributed by atoms with van der Waals surface area (Å²) in [5.41, 5.74) is 0.142. The SMILES string of the molecule is COP(=O)(OC)C1(NC(=O)OCc2ccccc2)CCN(C(=O)[C@@H](CCCCNC(=O)OC(C)(C)C)NC(=O)[C@@H](CC(C)C)NC(=O)[C@@H](Cc2ccccc2)NC(=O)[C@@H](Cc2ccccc2)N(C(=O)OC(C)(C)C)C2(P(=O)(OC)OC)CCNCC2)CC1. The molecule has 2 saturated heterocycles. The molecule has 0 aromatic heterocycles. The van der Waals surface area contributed by atoms with Crippen molar-refractivity contribution in [1.82, 2.24) is 41.7 Å². The molecule has 0 spiro atoms. The van der Waals surface area contributed by atoms with Crippen LogP contribution in [0.3, 0.4) is 0 Å². The highest BCUT2D eigenvalue weighted by atomic mass is 31.2. The number of likely N-dealkylation sites (tertiary alicyclic amines) is 1. The lowest BCUT2D eigenvalue weighted by molar-refractivity contribution is -0.139. The number of benzene rings is 3. The maximum Gasteiger partial charge on any atom is 0.412 e. The number of nitrogens with zero attached hydrogens (tertiary/aromatic N) is 2. The molecule has 0 unspecified atom stereocenters. The number of ether oxygens (including phenoxy) is 3. The molecule has 4 atom stereocenters. The normalized spacial score (nSPS) is 16.6. The third-order valence-electron chi connectivity index (χ3n) is 15.2. The lowest BCUT2D eigenvalue weighted by Gasteiger charge is -2.50. The van der Waals surface area contributed by atoms with Crippen molar-refractivity contribution < 1.29 is 75.0 Å². The van der Waals surface area contributed by atoms with E-state index in [1.807, 2.05) is 19.9 Å². The fourth-order valence-corrected chi connectivity index (χ4v) is 14.8. The summed E-state index contributed by atoms with van der Waals surface area (Å²) in [6.45, 7) is 14.4. The molecular formula is C62H94N8O16P2. The molecule has 2 fully saturated rings. The lowest BCUT2D eigenvalue weighted by Crippen LogP contribution is -2.66. The number of hydrogen-bond acceptors (Lipinski definition) is 17. The number of amides is 7. The molecule has 24 nitrogen and oxygen atoms in total. The molecule has 488 valence electrons. The number of piperidine rings is 2. The van der Waals surface area contributed by atoms with Crippen LogP contribution in [0.15, 0.2) is 91.0 Å². The number of unbranched alkanes of at least 4 members (excludes halogenated alkanes) is 1. The quantitative estimate of drug-likeness (QED) is 0.0215. The first-order valence-corrected chi connectivity index (χ1v) is 33.0. The van der Waals surface area contributed by atoms with Crippen molar-refractivity contribution in [2.24, 2.45) is 5.92 Å². The first-order chi connectivity index (χ1) is 41.6. The van der Waals surface area contributed by atoms with E-state index >= 15 is 14.2 Å². The average Bonchev–Trinajstić information content (AvgIpc) is 0.799. The van der Waals surface area contributed by atoms with Gasteiger partial charge < -0.3 is 69.1 Å². The molecule has 0 saturated carbocycles. The molecule has 26 heteroatoms. The smallest absolute Gasteiger partial charge is 0.412 e. The van der Waals surface area contributed by atoms with Crippen LogP contribution in [0.5, 0.6) is 0 Å². The second-order valence-corrected chi connectivity index (χ2v) is 29.6. The fraction of sp³-hybridized carbons (Fsp3) is 0.597. The van der Waals surface area contributed by atoms with E-state index in [1.54, 1.807) is 126 Å². The Kier molecular flexibility index (Phi) is 27.1. The number of nitrogens with one attached hydrogen (secondary N) is 6. The van der Waals surface area contributed by atoms with Crippen LogP contribution < -0.4 is 31.9 Å². The summed E-state index contributed by atoms with van der Waals surface area (Å²) in [7, 11) is -3.56. The van der Waals surface area contributed by atoms with Gasteiger partial charge >= 0.3 is 33.5 Å². The van der Waals surface area contributed by atoms with Gasteiger partial charge in [-0.3, -0.25) is 33.2 Å². The van der Waals surface area contributed by atoms with Gasteiger partial charge in [-0.25, -0.2) is 14.4 Å². The van der Waals surface area contributed by atoms with Crippen molar-refractivity contribution in [2.45, 2.75) is 172 Å². The highest BCUT2D eigenvalue weighted by Gasteiger charge is 2.60. The van der Waals surface area contributed by atoms with Gasteiger partial charge in [-0.05, 0) is 129 Å². The third-order valence-corrected chi connectivity index (χ3v) is 20.4. The lowest BCUT2D eigenvalue weighted by atomic mass is 9.96. The van der Waals surface area contributed by atoms with Gasteiger partial charge in [0.05, 0.1) is 0 Å². The number of rotatable bonds is 29. The Morgan fingerprint density at radius 2 is 1.09 bits per heavy atom. The first-order valence-electron chi connectivity index (χ1n) is 30.0. The van der Waals surface area contributed by atoms with Crippen LogP contribution in [-0.2, 0) is 80.1 Å². The zero-order valence-corrected chi connectivity index (χ0v) is 55.0. The molecule has 2 aliphatic rings. The van der Waals surface area contributed by atoms with Gasteiger partial charge in [-0.2, -0.15) is 0 Å². The van der Waals surface area contributed by atoms with Crippen LogP contribution in [0.4, 0.5) is 14.4 Å². The van der Waals surface area contributed by atoms with Gasteiger partial charge in [-0.1, -0.05) is 105 Å². The average molecular weight is 1270 g/mol. The Morgan fingerprint density at radius 1 is 0.602 bits per heavy atom. The Balaban J connectivity index is 1.49. The van der Waals surface area contributed by atoms with Gasteiger partial charge in [0.25, 0.3) is 0 Å². The number of hydrogen-bond donors (Lipinski definition) is 6. The molecular weight excluding hydrogens is 1170 g/mol. The van der Waals surface area contributed by atoms with Crippen LogP contribution in [0.1, 0.15) is 123 Å². The third kappa shape index (κ3) is 20.3. The zero-order chi connectivity index (χ0) is 64.9. The molecule has 2 heterocycles. The zero-order valence-electron chi connectivity index (χ0n) is 53.2. The summed E-state index contributed by atoms with van der Waals surface area (Å²) < 4.78 is 68.7. The predicted molar refractivity (Wildman–Crippen MR) is 332 cm³/mol. The molecule has 7 amide bonds. The van der Waals surface area contributed by atoms with Crippen LogP contribution in [0.2, 0.25) is 0 Å². The maximum absolute atomic E-state index is 15.6. The number of carbonyl (C=O) groups is 7. The van der Waals surface area contributed by atoms with Crippen molar-refractivity contribution in [1.29, 1.82) is 0 Å². The molecule has 2 aliphatic heterocycles. The van der Waals surface area contributed by atoms with E-state index in [4.69, 9.17) is 32.3 Å². The molecule has 0 radical (unpaired) electrons. The van der Waals surface area contributed by atoms with Crippen molar-refractivity contribution in [3.05, 3.63) is 108 Å². The molecule has 6 N–H and O–H groups in total. The van der Waals surface area contributed by atoms with Crippen molar-refractivity contribution in [2.75, 3.05) is 61.2 Å². The van der Waals surface area contributed by atoms with Crippen LogP contribution in [0, 0.1) is 5.92 Å². The van der Waals surface area contributed by atoms with E-state index in [-0.39, 0.29) is 96.6 Å². The van der Waals surface area contributed by atoms with E-state index in [1.165, 1.54) is 38.2 Å². The van der Waals surface area contributed by atoms with Gasteiger partial charge in [0.15, 0.2) is 5.28 Å².